The highest BCUT2D eigenvalue weighted by molar-refractivity contribution is 5.91. The number of aliphatic hydroxyl groups excluding tert-OH is 1. The number of anilines is 1. The van der Waals surface area contributed by atoms with Gasteiger partial charge in [0.25, 0.3) is 0 Å². The van der Waals surface area contributed by atoms with E-state index in [0.29, 0.717) is 18.8 Å². The lowest BCUT2D eigenvalue weighted by molar-refractivity contribution is -0.117. The minimum absolute atomic E-state index is 0.0846. The lowest BCUT2D eigenvalue weighted by atomic mass is 10.0. The molecule has 2 N–H and O–H groups in total. The Morgan fingerprint density at radius 3 is 2.81 bits per heavy atom. The number of hydrogen-bond donors (Lipinski definition) is 2. The first-order chi connectivity index (χ1) is 10.2. The second-order valence-corrected chi connectivity index (χ2v) is 5.71. The quantitative estimate of drug-likeness (QED) is 0.834. The number of amides is 1. The summed E-state index contributed by atoms with van der Waals surface area (Å²) in [5.74, 6) is 6.58. The zero-order valence-corrected chi connectivity index (χ0v) is 12.6. The van der Waals surface area contributed by atoms with Crippen LogP contribution in [0.15, 0.2) is 18.2 Å². The van der Waals surface area contributed by atoms with Crippen molar-refractivity contribution in [1.29, 1.82) is 0 Å². The van der Waals surface area contributed by atoms with Crippen LogP contribution in [0, 0.1) is 24.7 Å². The largest absolute Gasteiger partial charge is 0.395 e. The Bertz CT molecular complexity index is 548. The van der Waals surface area contributed by atoms with Crippen molar-refractivity contribution in [2.24, 2.45) is 5.92 Å². The summed E-state index contributed by atoms with van der Waals surface area (Å²) in [6.07, 6.45) is 6.02. The van der Waals surface area contributed by atoms with Gasteiger partial charge in [0, 0.05) is 24.1 Å². The summed E-state index contributed by atoms with van der Waals surface area (Å²) >= 11 is 0. The first kappa shape index (κ1) is 15.6. The van der Waals surface area contributed by atoms with E-state index in [1.807, 2.05) is 25.1 Å². The van der Waals surface area contributed by atoms with Gasteiger partial charge in [-0.3, -0.25) is 4.79 Å². The monoisotopic (exact) mass is 285 g/mol. The Morgan fingerprint density at radius 1 is 1.38 bits per heavy atom. The van der Waals surface area contributed by atoms with E-state index in [1.54, 1.807) is 0 Å². The van der Waals surface area contributed by atoms with Gasteiger partial charge in [-0.2, -0.15) is 0 Å². The molecule has 1 aliphatic rings. The predicted octanol–water partition coefficient (Wildman–Crippen LogP) is 3.25. The highest BCUT2D eigenvalue weighted by atomic mass is 16.2. The molecule has 0 radical (unpaired) electrons. The van der Waals surface area contributed by atoms with Gasteiger partial charge in [0.05, 0.1) is 6.61 Å². The van der Waals surface area contributed by atoms with Crippen molar-refractivity contribution in [3.05, 3.63) is 29.3 Å². The number of carbonyl (C=O) groups is 1. The van der Waals surface area contributed by atoms with Crippen molar-refractivity contribution >= 4 is 11.6 Å². The molecule has 1 aromatic carbocycles. The maximum Gasteiger partial charge on any atom is 0.224 e. The normalized spacial score (nSPS) is 14.6. The fraction of sp³-hybridized carbons (Fsp3) is 0.500. The van der Waals surface area contributed by atoms with Crippen LogP contribution < -0.4 is 5.32 Å². The average Bonchev–Trinajstić information content (AvgIpc) is 2.95. The molecule has 1 aliphatic carbocycles. The number of hydrogen-bond acceptors (Lipinski definition) is 2. The van der Waals surface area contributed by atoms with E-state index < -0.39 is 0 Å². The minimum Gasteiger partial charge on any atom is -0.395 e. The number of rotatable bonds is 4. The Labute approximate surface area is 126 Å². The van der Waals surface area contributed by atoms with Crippen molar-refractivity contribution in [1.82, 2.24) is 0 Å². The molecular formula is C18H23NO2. The number of carbonyl (C=O) groups excluding carboxylic acids is 1. The van der Waals surface area contributed by atoms with Crippen LogP contribution in [0.1, 0.15) is 49.7 Å². The van der Waals surface area contributed by atoms with Crippen LogP contribution in [0.4, 0.5) is 5.69 Å². The SMILES string of the molecule is Cc1cc(C#CCCO)ccc1NC(=O)CC1CCCC1. The topological polar surface area (TPSA) is 49.3 Å². The molecule has 0 aromatic heterocycles. The molecule has 0 bridgehead atoms. The summed E-state index contributed by atoms with van der Waals surface area (Å²) in [6.45, 7) is 2.06. The summed E-state index contributed by atoms with van der Waals surface area (Å²) in [5, 5.41) is 11.7. The van der Waals surface area contributed by atoms with Crippen molar-refractivity contribution in [2.75, 3.05) is 11.9 Å². The van der Waals surface area contributed by atoms with Crippen LogP contribution in [-0.2, 0) is 4.79 Å². The van der Waals surface area contributed by atoms with Gasteiger partial charge in [0.2, 0.25) is 5.91 Å². The first-order valence-electron chi connectivity index (χ1n) is 7.69. The zero-order valence-electron chi connectivity index (χ0n) is 12.6. The van der Waals surface area contributed by atoms with E-state index in [-0.39, 0.29) is 12.5 Å². The van der Waals surface area contributed by atoms with Gasteiger partial charge in [-0.1, -0.05) is 24.7 Å². The fourth-order valence-corrected chi connectivity index (χ4v) is 2.78. The van der Waals surface area contributed by atoms with Gasteiger partial charge in [0.1, 0.15) is 0 Å². The maximum atomic E-state index is 12.0. The minimum atomic E-state index is 0.0846. The molecule has 2 rings (SSSR count). The van der Waals surface area contributed by atoms with Crippen molar-refractivity contribution < 1.29 is 9.90 Å². The van der Waals surface area contributed by atoms with Crippen LogP contribution in [0.2, 0.25) is 0 Å². The summed E-state index contributed by atoms with van der Waals surface area (Å²) in [5.41, 5.74) is 2.80. The van der Waals surface area contributed by atoms with Crippen LogP contribution in [-0.4, -0.2) is 17.6 Å². The second kappa shape index (κ2) is 7.85. The fourth-order valence-electron chi connectivity index (χ4n) is 2.78. The lowest BCUT2D eigenvalue weighted by Crippen LogP contribution is -2.15. The molecule has 1 fully saturated rings. The Kier molecular flexibility index (Phi) is 5.83. The molecule has 0 unspecified atom stereocenters. The molecule has 0 heterocycles. The number of benzene rings is 1. The summed E-state index contributed by atoms with van der Waals surface area (Å²) in [7, 11) is 0. The molecule has 1 amide bonds. The Hall–Kier alpha value is -1.79. The molecule has 1 aromatic rings. The number of nitrogens with one attached hydrogen (secondary N) is 1. The van der Waals surface area contributed by atoms with Crippen molar-refractivity contribution in [3.8, 4) is 11.8 Å². The molecule has 0 saturated heterocycles. The van der Waals surface area contributed by atoms with Crippen LogP contribution in [0.3, 0.4) is 0 Å². The van der Waals surface area contributed by atoms with Gasteiger partial charge in [-0.15, -0.1) is 0 Å². The highest BCUT2D eigenvalue weighted by Gasteiger charge is 2.18. The van der Waals surface area contributed by atoms with Gasteiger partial charge in [-0.05, 0) is 49.4 Å². The standard InChI is InChI=1S/C18H23NO2/c1-14-12-16(8-4-5-11-20)9-10-17(14)19-18(21)13-15-6-2-3-7-15/h9-10,12,15,20H,2-3,5-7,11,13H2,1H3,(H,19,21). The Balaban J connectivity index is 1.94. The van der Waals surface area contributed by atoms with Crippen LogP contribution in [0.25, 0.3) is 0 Å². The maximum absolute atomic E-state index is 12.0. The highest BCUT2D eigenvalue weighted by Crippen LogP contribution is 2.28. The molecule has 21 heavy (non-hydrogen) atoms. The third-order valence-corrected chi connectivity index (χ3v) is 3.92. The summed E-state index contributed by atoms with van der Waals surface area (Å²) in [6, 6.07) is 5.78. The molecule has 0 aliphatic heterocycles. The van der Waals surface area contributed by atoms with E-state index in [0.717, 1.165) is 16.8 Å². The number of aliphatic hydroxyl groups is 1. The average molecular weight is 285 g/mol. The molecule has 112 valence electrons. The van der Waals surface area contributed by atoms with E-state index in [1.165, 1.54) is 25.7 Å². The third-order valence-electron chi connectivity index (χ3n) is 3.92. The van der Waals surface area contributed by atoms with E-state index >= 15 is 0 Å². The van der Waals surface area contributed by atoms with Crippen LogP contribution >= 0.6 is 0 Å². The Morgan fingerprint density at radius 2 is 2.14 bits per heavy atom. The van der Waals surface area contributed by atoms with E-state index in [2.05, 4.69) is 17.2 Å². The number of aryl methyl sites for hydroxylation is 1. The van der Waals surface area contributed by atoms with Crippen molar-refractivity contribution in [2.45, 2.75) is 45.4 Å². The molecule has 1 saturated carbocycles. The molecule has 3 heteroatoms. The van der Waals surface area contributed by atoms with Gasteiger partial charge in [-0.25, -0.2) is 0 Å². The lowest BCUT2D eigenvalue weighted by Gasteiger charge is -2.11. The van der Waals surface area contributed by atoms with Crippen molar-refractivity contribution in [3.63, 3.8) is 0 Å². The second-order valence-electron chi connectivity index (χ2n) is 5.71. The smallest absolute Gasteiger partial charge is 0.224 e. The third kappa shape index (κ3) is 4.91. The summed E-state index contributed by atoms with van der Waals surface area (Å²) in [4.78, 5) is 12.0. The van der Waals surface area contributed by atoms with Gasteiger partial charge < -0.3 is 10.4 Å². The van der Waals surface area contributed by atoms with E-state index in [4.69, 9.17) is 5.11 Å². The molecule has 0 spiro atoms. The van der Waals surface area contributed by atoms with Gasteiger partial charge >= 0.3 is 0 Å². The molecule has 3 nitrogen and oxygen atoms in total. The zero-order chi connectivity index (χ0) is 15.1. The first-order valence-corrected chi connectivity index (χ1v) is 7.69. The molecule has 0 atom stereocenters. The van der Waals surface area contributed by atoms with Gasteiger partial charge in [0.15, 0.2) is 0 Å². The molecular weight excluding hydrogens is 262 g/mol. The van der Waals surface area contributed by atoms with E-state index in [9.17, 15) is 4.79 Å². The summed E-state index contributed by atoms with van der Waals surface area (Å²) < 4.78 is 0. The predicted molar refractivity (Wildman–Crippen MR) is 85.0 cm³/mol. The van der Waals surface area contributed by atoms with Crippen LogP contribution in [0.5, 0.6) is 0 Å².